The van der Waals surface area contributed by atoms with E-state index in [-0.39, 0.29) is 6.04 Å². The minimum absolute atomic E-state index is 0.0487. The second kappa shape index (κ2) is 12.8. The van der Waals surface area contributed by atoms with Gasteiger partial charge in [0.2, 0.25) is 0 Å². The molecule has 1 aliphatic heterocycles. The lowest BCUT2D eigenvalue weighted by atomic mass is 9.91. The van der Waals surface area contributed by atoms with Gasteiger partial charge in [0.1, 0.15) is 5.84 Å². The number of hydrogen-bond donors (Lipinski definition) is 1. The van der Waals surface area contributed by atoms with Crippen LogP contribution in [-0.2, 0) is 0 Å². The molecule has 7 aromatic carbocycles. The van der Waals surface area contributed by atoms with Crippen LogP contribution < -0.4 is 5.32 Å². The molecule has 3 heteroatoms. The van der Waals surface area contributed by atoms with Gasteiger partial charge in [-0.2, -0.15) is 0 Å². The maximum atomic E-state index is 5.39. The lowest BCUT2D eigenvalue weighted by Crippen LogP contribution is -2.33. The monoisotopic (exact) mass is 639 g/mol. The third-order valence-corrected chi connectivity index (χ3v) is 9.58. The minimum atomic E-state index is -0.0487. The fourth-order valence-electron chi connectivity index (χ4n) is 6.97. The van der Waals surface area contributed by atoms with Crippen molar-refractivity contribution in [3.05, 3.63) is 205 Å². The highest BCUT2D eigenvalue weighted by Crippen LogP contribution is 2.40. The van der Waals surface area contributed by atoms with Gasteiger partial charge in [0.15, 0.2) is 0 Å². The van der Waals surface area contributed by atoms with Crippen LogP contribution in [0.4, 0.5) is 5.69 Å². The zero-order chi connectivity index (χ0) is 33.3. The van der Waals surface area contributed by atoms with E-state index in [1.54, 1.807) is 0 Å². The van der Waals surface area contributed by atoms with Crippen molar-refractivity contribution in [2.45, 2.75) is 6.04 Å². The zero-order valence-corrected chi connectivity index (χ0v) is 27.4. The van der Waals surface area contributed by atoms with Crippen molar-refractivity contribution in [3.63, 3.8) is 0 Å². The average molecular weight is 640 g/mol. The number of pyridine rings is 1. The Labute approximate surface area is 292 Å². The summed E-state index contributed by atoms with van der Waals surface area (Å²) in [5.74, 6) is 0.848. The van der Waals surface area contributed by atoms with Crippen molar-refractivity contribution in [1.29, 1.82) is 0 Å². The van der Waals surface area contributed by atoms with Crippen LogP contribution in [0.15, 0.2) is 193 Å². The Morgan fingerprint density at radius 2 is 0.980 bits per heavy atom. The molecule has 0 radical (unpaired) electrons. The highest BCUT2D eigenvalue weighted by molar-refractivity contribution is 6.07. The zero-order valence-electron chi connectivity index (χ0n) is 27.4. The van der Waals surface area contributed by atoms with Crippen LogP contribution in [0.2, 0.25) is 0 Å². The van der Waals surface area contributed by atoms with Gasteiger partial charge >= 0.3 is 0 Å². The molecule has 1 unspecified atom stereocenters. The van der Waals surface area contributed by atoms with Gasteiger partial charge < -0.3 is 5.32 Å². The van der Waals surface area contributed by atoms with Gasteiger partial charge in [-0.25, -0.2) is 4.99 Å². The molecular weight excluding hydrogens is 607 g/mol. The van der Waals surface area contributed by atoms with Crippen molar-refractivity contribution in [1.82, 2.24) is 10.3 Å². The quantitative estimate of drug-likeness (QED) is 0.197. The molecule has 1 N–H and O–H groups in total. The second-order valence-electron chi connectivity index (χ2n) is 12.7. The number of benzene rings is 7. The third-order valence-electron chi connectivity index (χ3n) is 9.58. The largest absolute Gasteiger partial charge is 0.359 e. The van der Waals surface area contributed by atoms with Crippen LogP contribution in [0, 0.1) is 0 Å². The summed E-state index contributed by atoms with van der Waals surface area (Å²) in [7, 11) is 0. The van der Waals surface area contributed by atoms with Crippen molar-refractivity contribution in [3.8, 4) is 44.6 Å². The summed E-state index contributed by atoms with van der Waals surface area (Å²) in [5.41, 5.74) is 13.3. The Morgan fingerprint density at radius 1 is 0.420 bits per heavy atom. The van der Waals surface area contributed by atoms with Crippen LogP contribution in [0.5, 0.6) is 0 Å². The fourth-order valence-corrected chi connectivity index (χ4v) is 6.97. The number of aromatic nitrogens is 1. The maximum absolute atomic E-state index is 5.39. The lowest BCUT2D eigenvalue weighted by molar-refractivity contribution is 0.751. The Morgan fingerprint density at radius 3 is 1.68 bits per heavy atom. The molecule has 0 aliphatic carbocycles. The first-order valence-electron chi connectivity index (χ1n) is 17.0. The topological polar surface area (TPSA) is 37.3 Å². The number of nitrogens with zero attached hydrogens (tertiary/aromatic N) is 2. The molecular formula is C47H33N3. The van der Waals surface area contributed by atoms with E-state index in [1.165, 1.54) is 27.6 Å². The van der Waals surface area contributed by atoms with Crippen LogP contribution in [0.3, 0.4) is 0 Å². The molecule has 0 spiro atoms. The molecule has 0 bridgehead atoms. The molecule has 0 saturated heterocycles. The highest BCUT2D eigenvalue weighted by atomic mass is 15.1. The highest BCUT2D eigenvalue weighted by Gasteiger charge is 2.26. The SMILES string of the molecule is c1ccc(-c2ccc(-c3cc(C4=Nc5c(ccc6ccccc56)C(c5ccccc5)N4)cc(-c4ccc(-c5ccccc5)nc4)c3)cc2)cc1. The van der Waals surface area contributed by atoms with E-state index < -0.39 is 0 Å². The van der Waals surface area contributed by atoms with E-state index in [9.17, 15) is 0 Å². The number of rotatable bonds is 6. The van der Waals surface area contributed by atoms with Gasteiger partial charge in [0.25, 0.3) is 0 Å². The molecule has 3 nitrogen and oxygen atoms in total. The Balaban J connectivity index is 1.20. The second-order valence-corrected chi connectivity index (χ2v) is 12.7. The van der Waals surface area contributed by atoms with E-state index in [0.717, 1.165) is 56.0 Å². The first-order chi connectivity index (χ1) is 24.8. The van der Waals surface area contributed by atoms with Crippen LogP contribution >= 0.6 is 0 Å². The molecule has 8 aromatic rings. The molecule has 2 heterocycles. The van der Waals surface area contributed by atoms with Gasteiger partial charge in [0, 0.05) is 33.8 Å². The third kappa shape index (κ3) is 5.65. The summed E-state index contributed by atoms with van der Waals surface area (Å²) < 4.78 is 0. The molecule has 1 atom stereocenters. The molecule has 236 valence electrons. The average Bonchev–Trinajstić information content (AvgIpc) is 3.21. The summed E-state index contributed by atoms with van der Waals surface area (Å²) in [6, 6.07) is 64.3. The smallest absolute Gasteiger partial charge is 0.134 e. The Bertz CT molecular complexity index is 2370. The van der Waals surface area contributed by atoms with Crippen molar-refractivity contribution < 1.29 is 0 Å². The minimum Gasteiger partial charge on any atom is -0.359 e. The summed E-state index contributed by atoms with van der Waals surface area (Å²) in [5, 5.41) is 6.19. The molecule has 0 saturated carbocycles. The van der Waals surface area contributed by atoms with Gasteiger partial charge in [0.05, 0.1) is 17.4 Å². The molecule has 1 aromatic heterocycles. The number of amidine groups is 1. The standard InChI is InChI=1S/C47H33N3/c1-4-12-32(13-5-1)33-20-22-34(23-21-33)39-28-40(38-25-27-44(48-31-38)36-15-6-2-7-16-36)30-41(29-39)47-49-45(37-17-8-3-9-18-37)43-26-24-35-14-10-11-19-42(35)46(43)50-47/h1-31,45H,(H,49,50). The summed E-state index contributed by atoms with van der Waals surface area (Å²) in [4.78, 5) is 10.3. The molecule has 9 rings (SSSR count). The van der Waals surface area contributed by atoms with Gasteiger partial charge in [-0.3, -0.25) is 4.98 Å². The first-order valence-corrected chi connectivity index (χ1v) is 17.0. The van der Waals surface area contributed by atoms with E-state index in [4.69, 9.17) is 9.98 Å². The normalized spacial score (nSPS) is 13.7. The van der Waals surface area contributed by atoms with Gasteiger partial charge in [-0.05, 0) is 63.0 Å². The predicted octanol–water partition coefficient (Wildman–Crippen LogP) is 11.7. The van der Waals surface area contributed by atoms with Gasteiger partial charge in [-0.15, -0.1) is 0 Å². The van der Waals surface area contributed by atoms with Crippen molar-refractivity contribution >= 4 is 22.3 Å². The van der Waals surface area contributed by atoms with Crippen LogP contribution in [0.1, 0.15) is 22.7 Å². The van der Waals surface area contributed by atoms with E-state index in [1.807, 2.05) is 24.4 Å². The van der Waals surface area contributed by atoms with E-state index in [2.05, 4.69) is 169 Å². The van der Waals surface area contributed by atoms with Crippen molar-refractivity contribution in [2.24, 2.45) is 4.99 Å². The lowest BCUT2D eigenvalue weighted by Gasteiger charge is -2.29. The van der Waals surface area contributed by atoms with Crippen LogP contribution in [-0.4, -0.2) is 10.8 Å². The number of nitrogens with one attached hydrogen (secondary N) is 1. The van der Waals surface area contributed by atoms with Gasteiger partial charge in [-0.1, -0.05) is 158 Å². The number of aliphatic imine (C=N–C) groups is 1. The van der Waals surface area contributed by atoms with E-state index in [0.29, 0.717) is 0 Å². The fraction of sp³-hybridized carbons (Fsp3) is 0.0213. The Kier molecular flexibility index (Phi) is 7.56. The molecule has 50 heavy (non-hydrogen) atoms. The molecule has 0 fully saturated rings. The maximum Gasteiger partial charge on any atom is 0.134 e. The number of fused-ring (bicyclic) bond motifs is 3. The summed E-state index contributed by atoms with van der Waals surface area (Å²) >= 11 is 0. The molecule has 1 aliphatic rings. The van der Waals surface area contributed by atoms with Crippen LogP contribution in [0.25, 0.3) is 55.4 Å². The first kappa shape index (κ1) is 29.6. The summed E-state index contributed by atoms with van der Waals surface area (Å²) in [6.07, 6.45) is 1.98. The van der Waals surface area contributed by atoms with E-state index >= 15 is 0 Å². The predicted molar refractivity (Wildman–Crippen MR) is 208 cm³/mol. The number of hydrogen-bond acceptors (Lipinski definition) is 3. The van der Waals surface area contributed by atoms with Crippen molar-refractivity contribution in [2.75, 3.05) is 0 Å². The molecule has 0 amide bonds. The Hall–Kier alpha value is -6.58. The summed E-state index contributed by atoms with van der Waals surface area (Å²) in [6.45, 7) is 0.